The summed E-state index contributed by atoms with van der Waals surface area (Å²) in [5.41, 5.74) is 1.30. The van der Waals surface area contributed by atoms with Gasteiger partial charge < -0.3 is 20.1 Å². The van der Waals surface area contributed by atoms with Gasteiger partial charge in [0.2, 0.25) is 5.91 Å². The van der Waals surface area contributed by atoms with E-state index >= 15 is 0 Å². The highest BCUT2D eigenvalue weighted by atomic mass is 16.5. The Morgan fingerprint density at radius 1 is 1.00 bits per heavy atom. The van der Waals surface area contributed by atoms with Crippen LogP contribution in [0.2, 0.25) is 0 Å². The van der Waals surface area contributed by atoms with E-state index in [1.165, 1.54) is 14.0 Å². The van der Waals surface area contributed by atoms with Gasteiger partial charge in [0.05, 0.1) is 18.4 Å². The molecule has 0 aliphatic heterocycles. The maximum atomic E-state index is 12.4. The lowest BCUT2D eigenvalue weighted by Crippen LogP contribution is -2.21. The smallest absolute Gasteiger partial charge is 0.262 e. The number of rotatable bonds is 7. The Bertz CT molecular complexity index is 1080. The normalized spacial score (nSPS) is 10.3. The molecule has 0 atom stereocenters. The summed E-state index contributed by atoms with van der Waals surface area (Å²) in [6.07, 6.45) is 0.718. The average molecular weight is 392 g/mol. The second-order valence-corrected chi connectivity index (χ2v) is 6.25. The second-order valence-electron chi connectivity index (χ2n) is 6.25. The van der Waals surface area contributed by atoms with Gasteiger partial charge in [-0.2, -0.15) is 0 Å². The molecule has 0 saturated heterocycles. The number of carbonyl (C=O) groups excluding carboxylic acids is 3. The molecule has 0 aliphatic carbocycles. The van der Waals surface area contributed by atoms with E-state index in [9.17, 15) is 14.4 Å². The van der Waals surface area contributed by atoms with Crippen molar-refractivity contribution in [3.63, 3.8) is 0 Å². The molecule has 0 saturated carbocycles. The molecule has 3 aromatic rings. The van der Waals surface area contributed by atoms with Crippen LogP contribution in [0, 0.1) is 0 Å². The summed E-state index contributed by atoms with van der Waals surface area (Å²) < 4.78 is 10.8. The van der Waals surface area contributed by atoms with Crippen molar-refractivity contribution in [2.24, 2.45) is 0 Å². The first kappa shape index (κ1) is 19.9. The van der Waals surface area contributed by atoms with E-state index in [4.69, 9.17) is 9.47 Å². The molecular weight excluding hydrogens is 372 g/mol. The van der Waals surface area contributed by atoms with E-state index < -0.39 is 5.91 Å². The van der Waals surface area contributed by atoms with Gasteiger partial charge in [-0.1, -0.05) is 30.3 Å². The molecule has 0 spiro atoms. The number of anilines is 2. The molecule has 29 heavy (non-hydrogen) atoms. The summed E-state index contributed by atoms with van der Waals surface area (Å²) in [6.45, 7) is 1.09. The van der Waals surface area contributed by atoms with E-state index in [0.29, 0.717) is 28.4 Å². The minimum absolute atomic E-state index is 0.228. The van der Waals surface area contributed by atoms with Crippen LogP contribution in [0.15, 0.2) is 54.6 Å². The zero-order valence-corrected chi connectivity index (χ0v) is 16.0. The van der Waals surface area contributed by atoms with E-state index in [1.54, 1.807) is 24.3 Å². The van der Waals surface area contributed by atoms with Crippen LogP contribution >= 0.6 is 0 Å². The molecule has 2 amide bonds. The van der Waals surface area contributed by atoms with Gasteiger partial charge in [-0.3, -0.25) is 14.4 Å². The molecule has 0 heterocycles. The van der Waals surface area contributed by atoms with Crippen LogP contribution in [-0.2, 0) is 9.59 Å². The maximum absolute atomic E-state index is 12.4. The molecule has 148 valence electrons. The van der Waals surface area contributed by atoms with Crippen LogP contribution in [0.3, 0.4) is 0 Å². The number of hydrogen-bond donors (Lipinski definition) is 2. The first-order valence-electron chi connectivity index (χ1n) is 8.87. The van der Waals surface area contributed by atoms with Crippen LogP contribution in [0.5, 0.6) is 11.5 Å². The van der Waals surface area contributed by atoms with Gasteiger partial charge in [0.15, 0.2) is 12.9 Å². The Hall–Kier alpha value is -3.87. The monoisotopic (exact) mass is 392 g/mol. The minimum atomic E-state index is -0.437. The fraction of sp³-hybridized carbons (Fsp3) is 0.136. The van der Waals surface area contributed by atoms with Gasteiger partial charge in [0.1, 0.15) is 11.5 Å². The summed E-state index contributed by atoms with van der Waals surface area (Å²) in [5, 5.41) is 7.00. The van der Waals surface area contributed by atoms with Gasteiger partial charge in [-0.25, -0.2) is 0 Å². The molecule has 2 N–H and O–H groups in total. The van der Waals surface area contributed by atoms with Crippen molar-refractivity contribution < 1.29 is 23.9 Å². The number of amides is 2. The molecule has 0 fully saturated rings. The van der Waals surface area contributed by atoms with Crippen LogP contribution in [0.25, 0.3) is 10.8 Å². The average Bonchev–Trinajstić information content (AvgIpc) is 2.71. The van der Waals surface area contributed by atoms with Crippen molar-refractivity contribution in [3.8, 4) is 11.5 Å². The first-order valence-corrected chi connectivity index (χ1v) is 8.87. The highest BCUT2D eigenvalue weighted by Gasteiger charge is 2.13. The number of ether oxygens (including phenoxy) is 2. The zero-order valence-electron chi connectivity index (χ0n) is 16.0. The summed E-state index contributed by atoms with van der Waals surface area (Å²) in [5.74, 6) is 0.0984. The van der Waals surface area contributed by atoms with Crippen LogP contribution < -0.4 is 20.1 Å². The molecule has 3 aromatic carbocycles. The van der Waals surface area contributed by atoms with E-state index in [2.05, 4.69) is 10.6 Å². The Labute approximate surface area is 167 Å². The molecular formula is C22H20N2O5. The van der Waals surface area contributed by atoms with Crippen LogP contribution in [0.1, 0.15) is 17.3 Å². The van der Waals surface area contributed by atoms with Gasteiger partial charge in [0, 0.05) is 12.6 Å². The Morgan fingerprint density at radius 2 is 1.76 bits per heavy atom. The summed E-state index contributed by atoms with van der Waals surface area (Å²) in [4.78, 5) is 35.2. The van der Waals surface area contributed by atoms with Crippen molar-refractivity contribution in [1.82, 2.24) is 0 Å². The predicted octanol–water partition coefficient (Wildman–Crippen LogP) is 3.64. The number of benzene rings is 3. The topological polar surface area (TPSA) is 93.7 Å². The summed E-state index contributed by atoms with van der Waals surface area (Å²) in [7, 11) is 1.48. The molecule has 0 aliphatic rings. The highest BCUT2D eigenvalue weighted by molar-refractivity contribution is 6.01. The number of nitrogens with one attached hydrogen (secondary N) is 2. The zero-order chi connectivity index (χ0) is 20.8. The summed E-state index contributed by atoms with van der Waals surface area (Å²) in [6, 6.07) is 15.8. The fourth-order valence-electron chi connectivity index (χ4n) is 2.94. The maximum Gasteiger partial charge on any atom is 0.262 e. The summed E-state index contributed by atoms with van der Waals surface area (Å²) >= 11 is 0. The molecule has 7 nitrogen and oxygen atoms in total. The standard InChI is InChI=1S/C22H20N2O5/c1-14(26)23-16-8-10-21(28-2)19(11-16)24-22(27)13-29-20-9-7-15-5-3-4-6-17(15)18(20)12-25/h3-12H,13H2,1-2H3,(H,23,26)(H,24,27). The third-order valence-corrected chi connectivity index (χ3v) is 4.20. The van der Waals surface area contributed by atoms with Crippen LogP contribution in [0.4, 0.5) is 11.4 Å². The lowest BCUT2D eigenvalue weighted by atomic mass is 10.0. The van der Waals surface area contributed by atoms with Gasteiger partial charge in [0.25, 0.3) is 5.91 Å². The lowest BCUT2D eigenvalue weighted by molar-refractivity contribution is -0.118. The number of hydrogen-bond acceptors (Lipinski definition) is 5. The molecule has 0 bridgehead atoms. The van der Waals surface area contributed by atoms with Crippen molar-refractivity contribution in [2.45, 2.75) is 6.92 Å². The van der Waals surface area contributed by atoms with Crippen molar-refractivity contribution >= 4 is 40.2 Å². The third-order valence-electron chi connectivity index (χ3n) is 4.20. The van der Waals surface area contributed by atoms with E-state index in [0.717, 1.165) is 17.1 Å². The molecule has 3 rings (SSSR count). The van der Waals surface area contributed by atoms with E-state index in [1.807, 2.05) is 30.3 Å². The van der Waals surface area contributed by atoms with Gasteiger partial charge >= 0.3 is 0 Å². The van der Waals surface area contributed by atoms with Crippen molar-refractivity contribution in [2.75, 3.05) is 24.4 Å². The first-order chi connectivity index (χ1) is 14.0. The molecule has 0 radical (unpaired) electrons. The molecule has 0 unspecified atom stereocenters. The molecule has 0 aromatic heterocycles. The second kappa shape index (κ2) is 8.88. The number of methoxy groups -OCH3 is 1. The Morgan fingerprint density at radius 3 is 2.48 bits per heavy atom. The SMILES string of the molecule is COc1ccc(NC(C)=O)cc1NC(=O)COc1ccc2ccccc2c1C=O. The molecule has 7 heteroatoms. The van der Waals surface area contributed by atoms with Gasteiger partial charge in [-0.15, -0.1) is 0 Å². The van der Waals surface area contributed by atoms with Crippen LogP contribution in [-0.4, -0.2) is 31.8 Å². The predicted molar refractivity (Wildman–Crippen MR) is 111 cm³/mol. The third kappa shape index (κ3) is 4.70. The van der Waals surface area contributed by atoms with E-state index in [-0.39, 0.29) is 12.5 Å². The Balaban J connectivity index is 1.74. The Kier molecular flexibility index (Phi) is 6.09. The van der Waals surface area contributed by atoms with Crippen molar-refractivity contribution in [3.05, 3.63) is 60.2 Å². The number of carbonyl (C=O) groups is 3. The number of aldehydes is 1. The largest absolute Gasteiger partial charge is 0.495 e. The fourth-order valence-corrected chi connectivity index (χ4v) is 2.94. The van der Waals surface area contributed by atoms with Gasteiger partial charge in [-0.05, 0) is 35.0 Å². The number of fused-ring (bicyclic) bond motifs is 1. The highest BCUT2D eigenvalue weighted by Crippen LogP contribution is 2.29. The lowest BCUT2D eigenvalue weighted by Gasteiger charge is -2.14. The minimum Gasteiger partial charge on any atom is -0.495 e. The quantitative estimate of drug-likeness (QED) is 0.599. The van der Waals surface area contributed by atoms with Crippen molar-refractivity contribution in [1.29, 1.82) is 0 Å².